The summed E-state index contributed by atoms with van der Waals surface area (Å²) >= 11 is 0. The first-order valence-electron chi connectivity index (χ1n) is 12.0. The summed E-state index contributed by atoms with van der Waals surface area (Å²) in [5.74, 6) is 1.20. The van der Waals surface area contributed by atoms with E-state index in [0.29, 0.717) is 23.2 Å². The highest BCUT2D eigenvalue weighted by Gasteiger charge is 2.17. The standard InChI is InChI=1S/C31H25NO3/c1-4-32-20(16-28-26(32)17-27(35-28)22-12-6-5-11-21(22)18(2)3)15-25-30(33)23-13-7-9-19-10-8-14-24(29(19)23)31(25)34/h5-18H,4H2,1-3H3. The molecule has 0 aliphatic carbocycles. The van der Waals surface area contributed by atoms with Gasteiger partial charge in [0.15, 0.2) is 16.4 Å². The molecule has 0 fully saturated rings. The number of fused-ring (bicyclic) bond motifs is 1. The number of benzene rings is 4. The zero-order valence-corrected chi connectivity index (χ0v) is 20.0. The number of hydrogen-bond acceptors (Lipinski definition) is 3. The van der Waals surface area contributed by atoms with Gasteiger partial charge in [0, 0.05) is 46.1 Å². The van der Waals surface area contributed by atoms with Crippen molar-refractivity contribution in [1.82, 2.24) is 4.57 Å². The van der Waals surface area contributed by atoms with Crippen molar-refractivity contribution in [2.45, 2.75) is 33.2 Å². The van der Waals surface area contributed by atoms with E-state index in [-0.39, 0.29) is 16.1 Å². The topological polar surface area (TPSA) is 52.2 Å². The number of aromatic nitrogens is 1. The molecule has 0 amide bonds. The van der Waals surface area contributed by atoms with Crippen LogP contribution in [0.3, 0.4) is 0 Å². The molecule has 0 saturated heterocycles. The minimum Gasteiger partial charge on any atom is -0.454 e. The fourth-order valence-electron chi connectivity index (χ4n) is 5.28. The Bertz CT molecular complexity index is 1840. The first-order valence-corrected chi connectivity index (χ1v) is 12.0. The van der Waals surface area contributed by atoms with Gasteiger partial charge in [0.1, 0.15) is 5.76 Å². The van der Waals surface area contributed by atoms with Gasteiger partial charge in [-0.15, -0.1) is 0 Å². The lowest BCUT2D eigenvalue weighted by Crippen LogP contribution is -2.39. The van der Waals surface area contributed by atoms with Crippen LogP contribution in [0, 0.1) is 0 Å². The van der Waals surface area contributed by atoms with Gasteiger partial charge in [-0.1, -0.05) is 74.5 Å². The Morgan fingerprint density at radius 2 is 1.57 bits per heavy atom. The number of furan rings is 1. The summed E-state index contributed by atoms with van der Waals surface area (Å²) in [5.41, 5.74) is 4.34. The Labute approximate surface area is 202 Å². The van der Waals surface area contributed by atoms with Crippen molar-refractivity contribution in [2.24, 2.45) is 0 Å². The van der Waals surface area contributed by atoms with Crippen LogP contribution in [0.1, 0.15) is 37.9 Å². The smallest absolute Gasteiger partial charge is 0.197 e. The van der Waals surface area contributed by atoms with Gasteiger partial charge in [-0.3, -0.25) is 9.59 Å². The molecule has 6 aromatic rings. The molecule has 4 nitrogen and oxygen atoms in total. The van der Waals surface area contributed by atoms with E-state index >= 15 is 0 Å². The van der Waals surface area contributed by atoms with Crippen LogP contribution >= 0.6 is 0 Å². The Morgan fingerprint density at radius 3 is 2.23 bits per heavy atom. The maximum atomic E-state index is 13.4. The van der Waals surface area contributed by atoms with Gasteiger partial charge in [-0.05, 0) is 29.9 Å². The van der Waals surface area contributed by atoms with Crippen LogP contribution < -0.4 is 16.1 Å². The third kappa shape index (κ3) is 3.21. The summed E-state index contributed by atoms with van der Waals surface area (Å²) in [6.07, 6.45) is 1.72. The van der Waals surface area contributed by atoms with Crippen molar-refractivity contribution >= 4 is 38.7 Å². The predicted octanol–water partition coefficient (Wildman–Crippen LogP) is 6.06. The molecule has 172 valence electrons. The first-order chi connectivity index (χ1) is 17.0. The maximum absolute atomic E-state index is 13.4. The molecule has 0 unspecified atom stereocenters. The highest BCUT2D eigenvalue weighted by atomic mass is 16.3. The molecule has 0 aliphatic heterocycles. The molecule has 0 radical (unpaired) electrons. The Morgan fingerprint density at radius 1 is 0.886 bits per heavy atom. The van der Waals surface area contributed by atoms with Crippen LogP contribution in [-0.2, 0) is 6.54 Å². The van der Waals surface area contributed by atoms with E-state index in [1.165, 1.54) is 5.56 Å². The van der Waals surface area contributed by atoms with Gasteiger partial charge in [0.25, 0.3) is 0 Å². The lowest BCUT2D eigenvalue weighted by Gasteiger charge is -2.10. The van der Waals surface area contributed by atoms with Gasteiger partial charge < -0.3 is 8.98 Å². The van der Waals surface area contributed by atoms with Crippen molar-refractivity contribution in [3.8, 4) is 11.3 Å². The third-order valence-electron chi connectivity index (χ3n) is 6.96. The zero-order valence-electron chi connectivity index (χ0n) is 20.0. The van der Waals surface area contributed by atoms with E-state index in [9.17, 15) is 9.59 Å². The highest BCUT2D eigenvalue weighted by molar-refractivity contribution is 6.09. The summed E-state index contributed by atoms with van der Waals surface area (Å²) in [4.78, 5) is 26.8. The second-order valence-corrected chi connectivity index (χ2v) is 9.34. The van der Waals surface area contributed by atoms with E-state index in [0.717, 1.165) is 38.9 Å². The summed E-state index contributed by atoms with van der Waals surface area (Å²) in [7, 11) is 0. The van der Waals surface area contributed by atoms with E-state index in [4.69, 9.17) is 4.42 Å². The second-order valence-electron chi connectivity index (χ2n) is 9.34. The fraction of sp³-hybridized carbons (Fsp3) is 0.161. The molecule has 0 N–H and O–H groups in total. The average Bonchev–Trinajstić information content (AvgIpc) is 3.42. The normalized spacial score (nSPS) is 11.9. The Hall–Kier alpha value is -4.18. The van der Waals surface area contributed by atoms with Crippen LogP contribution in [-0.4, -0.2) is 4.57 Å². The van der Waals surface area contributed by atoms with Gasteiger partial charge in [-0.25, -0.2) is 0 Å². The minimum atomic E-state index is -0.230. The van der Waals surface area contributed by atoms with Gasteiger partial charge in [-0.2, -0.15) is 0 Å². The summed E-state index contributed by atoms with van der Waals surface area (Å²) < 4.78 is 8.39. The second kappa shape index (κ2) is 7.95. The molecule has 0 aliphatic rings. The number of nitrogens with zero attached hydrogens (tertiary/aromatic N) is 1. The van der Waals surface area contributed by atoms with Crippen molar-refractivity contribution in [1.29, 1.82) is 0 Å². The Balaban J connectivity index is 1.59. The van der Waals surface area contributed by atoms with Crippen LogP contribution in [0.4, 0.5) is 0 Å². The van der Waals surface area contributed by atoms with E-state index in [1.807, 2.05) is 36.4 Å². The molecule has 2 heterocycles. The maximum Gasteiger partial charge on any atom is 0.197 e. The SMILES string of the molecule is CCn1c(C=c2c(=O)c3cccc4cccc(c2=O)c43)cc2oc(-c3ccccc3C(C)C)cc21. The summed E-state index contributed by atoms with van der Waals surface area (Å²) in [6, 6.07) is 23.5. The van der Waals surface area contributed by atoms with Crippen molar-refractivity contribution in [2.75, 3.05) is 0 Å². The van der Waals surface area contributed by atoms with Crippen molar-refractivity contribution in [3.05, 3.63) is 110 Å². The molecule has 35 heavy (non-hydrogen) atoms. The number of aryl methyl sites for hydroxylation is 1. The average molecular weight is 460 g/mol. The largest absolute Gasteiger partial charge is 0.454 e. The van der Waals surface area contributed by atoms with Crippen LogP contribution in [0.5, 0.6) is 0 Å². The van der Waals surface area contributed by atoms with E-state index in [2.05, 4.69) is 49.6 Å². The number of rotatable bonds is 4. The molecule has 2 aromatic heterocycles. The predicted molar refractivity (Wildman–Crippen MR) is 143 cm³/mol. The molecular weight excluding hydrogens is 434 g/mol. The molecule has 4 aromatic carbocycles. The molecule has 0 spiro atoms. The first kappa shape index (κ1) is 21.4. The monoisotopic (exact) mass is 459 g/mol. The summed E-state index contributed by atoms with van der Waals surface area (Å²) in [6.45, 7) is 7.09. The van der Waals surface area contributed by atoms with E-state index in [1.54, 1.807) is 18.2 Å². The minimum absolute atomic E-state index is 0.191. The molecule has 0 atom stereocenters. The zero-order chi connectivity index (χ0) is 24.3. The lowest BCUT2D eigenvalue weighted by molar-refractivity contribution is 0.630. The lowest BCUT2D eigenvalue weighted by atomic mass is 9.96. The fourth-order valence-corrected chi connectivity index (χ4v) is 5.28. The number of hydrogen-bond donors (Lipinski definition) is 0. The van der Waals surface area contributed by atoms with Gasteiger partial charge in [0.05, 0.1) is 10.7 Å². The molecule has 6 rings (SSSR count). The molecule has 4 heteroatoms. The quantitative estimate of drug-likeness (QED) is 0.322. The van der Waals surface area contributed by atoms with Crippen LogP contribution in [0.25, 0.3) is 50.0 Å². The third-order valence-corrected chi connectivity index (χ3v) is 6.96. The van der Waals surface area contributed by atoms with Gasteiger partial charge >= 0.3 is 0 Å². The van der Waals surface area contributed by atoms with Crippen LogP contribution in [0.2, 0.25) is 0 Å². The molecule has 0 bridgehead atoms. The summed E-state index contributed by atoms with van der Waals surface area (Å²) in [5, 5.41) is 3.00. The Kier molecular flexibility index (Phi) is 4.85. The van der Waals surface area contributed by atoms with Crippen molar-refractivity contribution < 1.29 is 4.42 Å². The molecule has 0 saturated carbocycles. The molecular formula is C31H25NO3. The van der Waals surface area contributed by atoms with E-state index < -0.39 is 0 Å². The van der Waals surface area contributed by atoms with Crippen LogP contribution in [0.15, 0.2) is 86.8 Å². The van der Waals surface area contributed by atoms with Gasteiger partial charge in [0.2, 0.25) is 0 Å². The van der Waals surface area contributed by atoms with Crippen molar-refractivity contribution in [3.63, 3.8) is 0 Å². The highest BCUT2D eigenvalue weighted by Crippen LogP contribution is 2.34.